The third-order valence-corrected chi connectivity index (χ3v) is 4.52. The molecule has 3 rings (SSSR count). The van der Waals surface area contributed by atoms with E-state index in [0.717, 1.165) is 29.2 Å². The Hall–Kier alpha value is -2.45. The van der Waals surface area contributed by atoms with Gasteiger partial charge in [-0.2, -0.15) is 18.3 Å². The van der Waals surface area contributed by atoms with E-state index in [1.807, 2.05) is 53.8 Å². The van der Waals surface area contributed by atoms with Crippen LogP contribution in [0.15, 0.2) is 54.6 Å². The van der Waals surface area contributed by atoms with Gasteiger partial charge in [0, 0.05) is 12.2 Å². The molecule has 0 saturated carbocycles. The summed E-state index contributed by atoms with van der Waals surface area (Å²) in [4.78, 5) is 1.94. The molecule has 0 atom stereocenters. The van der Waals surface area contributed by atoms with Gasteiger partial charge in [-0.25, -0.2) is 4.68 Å². The number of aryl methyl sites for hydroxylation is 1. The van der Waals surface area contributed by atoms with Crippen molar-refractivity contribution in [1.29, 1.82) is 0 Å². The van der Waals surface area contributed by atoms with Gasteiger partial charge in [0.05, 0.1) is 12.2 Å². The van der Waals surface area contributed by atoms with Crippen molar-refractivity contribution in [2.24, 2.45) is 0 Å². The number of nitrogens with zero attached hydrogens (tertiary/aromatic N) is 4. The molecule has 0 unspecified atom stereocenters. The standard InChI is InChI=1S/C19H19F3N4S/c1-14-23-25(18(27)26(14)17-6-4-3-5-7-17)13-24(2)12-15-8-10-16(11-9-15)19(20,21)22/h3-11H,12-13H2,1-2H3. The number of hydrogen-bond acceptors (Lipinski definition) is 3. The lowest BCUT2D eigenvalue weighted by molar-refractivity contribution is -0.137. The molecule has 2 aromatic carbocycles. The van der Waals surface area contributed by atoms with Crippen molar-refractivity contribution in [3.8, 4) is 5.69 Å². The second-order valence-electron chi connectivity index (χ2n) is 6.35. The fourth-order valence-corrected chi connectivity index (χ4v) is 3.21. The Labute approximate surface area is 160 Å². The summed E-state index contributed by atoms with van der Waals surface area (Å²) in [5.74, 6) is 0.772. The highest BCUT2D eigenvalue weighted by molar-refractivity contribution is 7.71. The lowest BCUT2D eigenvalue weighted by Gasteiger charge is -2.17. The second-order valence-corrected chi connectivity index (χ2v) is 6.72. The fraction of sp³-hybridized carbons (Fsp3) is 0.263. The Balaban J connectivity index is 1.73. The van der Waals surface area contributed by atoms with E-state index in [1.54, 1.807) is 4.68 Å². The van der Waals surface area contributed by atoms with E-state index < -0.39 is 11.7 Å². The fourth-order valence-electron chi connectivity index (χ4n) is 2.87. The van der Waals surface area contributed by atoms with Crippen molar-refractivity contribution in [2.75, 3.05) is 7.05 Å². The van der Waals surface area contributed by atoms with E-state index >= 15 is 0 Å². The van der Waals surface area contributed by atoms with Gasteiger partial charge >= 0.3 is 6.18 Å². The van der Waals surface area contributed by atoms with Crippen LogP contribution in [0.5, 0.6) is 0 Å². The summed E-state index contributed by atoms with van der Waals surface area (Å²) in [5, 5.41) is 4.50. The molecule has 0 fully saturated rings. The highest BCUT2D eigenvalue weighted by Gasteiger charge is 2.29. The first-order valence-electron chi connectivity index (χ1n) is 8.32. The van der Waals surface area contributed by atoms with Crippen LogP contribution in [0.4, 0.5) is 13.2 Å². The predicted molar refractivity (Wildman–Crippen MR) is 100 cm³/mol. The highest BCUT2D eigenvalue weighted by Crippen LogP contribution is 2.29. The minimum absolute atomic E-state index is 0.431. The number of benzene rings is 2. The first-order chi connectivity index (χ1) is 12.8. The van der Waals surface area contributed by atoms with Crippen molar-refractivity contribution in [3.63, 3.8) is 0 Å². The molecule has 1 aromatic heterocycles. The van der Waals surface area contributed by atoms with E-state index in [4.69, 9.17) is 12.2 Å². The molecule has 3 aromatic rings. The Bertz CT molecular complexity index is 959. The molecule has 0 N–H and O–H groups in total. The highest BCUT2D eigenvalue weighted by atomic mass is 32.1. The van der Waals surface area contributed by atoms with E-state index in [2.05, 4.69) is 5.10 Å². The van der Waals surface area contributed by atoms with Gasteiger partial charge in [0.1, 0.15) is 5.82 Å². The summed E-state index contributed by atoms with van der Waals surface area (Å²) in [6, 6.07) is 14.9. The first kappa shape index (κ1) is 19.3. The zero-order chi connectivity index (χ0) is 19.6. The molecule has 27 heavy (non-hydrogen) atoms. The first-order valence-corrected chi connectivity index (χ1v) is 8.73. The summed E-state index contributed by atoms with van der Waals surface area (Å²) in [7, 11) is 1.87. The van der Waals surface area contributed by atoms with Gasteiger partial charge in [-0.3, -0.25) is 9.47 Å². The molecule has 0 aliphatic carbocycles. The maximum atomic E-state index is 12.7. The lowest BCUT2D eigenvalue weighted by atomic mass is 10.1. The SMILES string of the molecule is Cc1nn(CN(C)Cc2ccc(C(F)(F)F)cc2)c(=S)n1-c1ccccc1. The molecule has 0 aliphatic rings. The summed E-state index contributed by atoms with van der Waals surface area (Å²) in [6.45, 7) is 2.80. The number of hydrogen-bond donors (Lipinski definition) is 0. The zero-order valence-electron chi connectivity index (χ0n) is 14.9. The molecular formula is C19H19F3N4S. The van der Waals surface area contributed by atoms with Crippen molar-refractivity contribution in [3.05, 3.63) is 76.3 Å². The van der Waals surface area contributed by atoms with Crippen molar-refractivity contribution >= 4 is 12.2 Å². The van der Waals surface area contributed by atoms with Crippen molar-refractivity contribution in [1.82, 2.24) is 19.2 Å². The van der Waals surface area contributed by atoms with Gasteiger partial charge in [0.2, 0.25) is 4.77 Å². The number of aromatic nitrogens is 3. The molecule has 0 spiro atoms. The van der Waals surface area contributed by atoms with E-state index in [1.165, 1.54) is 12.1 Å². The largest absolute Gasteiger partial charge is 0.416 e. The Morgan fingerprint density at radius 1 is 1.04 bits per heavy atom. The quantitative estimate of drug-likeness (QED) is 0.582. The van der Waals surface area contributed by atoms with Gasteiger partial charge in [0.15, 0.2) is 0 Å². The Kier molecular flexibility index (Phi) is 5.48. The van der Waals surface area contributed by atoms with Crippen LogP contribution in [0.1, 0.15) is 17.0 Å². The molecule has 0 saturated heterocycles. The second kappa shape index (κ2) is 7.66. The molecular weight excluding hydrogens is 373 g/mol. The van der Waals surface area contributed by atoms with Crippen LogP contribution in [0.25, 0.3) is 5.69 Å². The van der Waals surface area contributed by atoms with E-state index in [-0.39, 0.29) is 0 Å². The smallest absolute Gasteiger partial charge is 0.283 e. The van der Waals surface area contributed by atoms with Crippen LogP contribution in [-0.4, -0.2) is 26.3 Å². The minimum atomic E-state index is -4.32. The van der Waals surface area contributed by atoms with Gasteiger partial charge < -0.3 is 0 Å². The predicted octanol–water partition coefficient (Wildman–Crippen LogP) is 4.82. The molecule has 1 heterocycles. The van der Waals surface area contributed by atoms with E-state index in [9.17, 15) is 13.2 Å². The molecule has 0 amide bonds. The molecule has 0 aliphatic heterocycles. The van der Waals surface area contributed by atoms with Crippen LogP contribution in [-0.2, 0) is 19.4 Å². The van der Waals surface area contributed by atoms with Gasteiger partial charge in [-0.05, 0) is 56.0 Å². The maximum absolute atomic E-state index is 12.7. The number of rotatable bonds is 5. The molecule has 4 nitrogen and oxygen atoms in total. The van der Waals surface area contributed by atoms with Gasteiger partial charge in [0.25, 0.3) is 0 Å². The monoisotopic (exact) mass is 392 g/mol. The average molecular weight is 392 g/mol. The van der Waals surface area contributed by atoms with Crippen LogP contribution in [0.3, 0.4) is 0 Å². The topological polar surface area (TPSA) is 26.0 Å². The van der Waals surface area contributed by atoms with Crippen LogP contribution < -0.4 is 0 Å². The minimum Gasteiger partial charge on any atom is -0.283 e. The van der Waals surface area contributed by atoms with Crippen LogP contribution in [0, 0.1) is 11.7 Å². The number of para-hydroxylation sites is 1. The molecule has 8 heteroatoms. The Morgan fingerprint density at radius 2 is 1.67 bits per heavy atom. The lowest BCUT2D eigenvalue weighted by Crippen LogP contribution is -2.22. The van der Waals surface area contributed by atoms with Crippen LogP contribution in [0.2, 0.25) is 0 Å². The molecule has 0 bridgehead atoms. The Morgan fingerprint density at radius 3 is 2.26 bits per heavy atom. The van der Waals surface area contributed by atoms with Gasteiger partial charge in [-0.15, -0.1) is 0 Å². The van der Waals surface area contributed by atoms with E-state index in [0.29, 0.717) is 18.0 Å². The third-order valence-electron chi connectivity index (χ3n) is 4.12. The summed E-state index contributed by atoms with van der Waals surface area (Å²) < 4.78 is 42.1. The molecule has 142 valence electrons. The molecule has 0 radical (unpaired) electrons. The van der Waals surface area contributed by atoms with Crippen LogP contribution >= 0.6 is 12.2 Å². The number of halogens is 3. The summed E-state index contributed by atoms with van der Waals surface area (Å²) >= 11 is 5.55. The average Bonchev–Trinajstić information content (AvgIpc) is 2.88. The van der Waals surface area contributed by atoms with Crippen molar-refractivity contribution < 1.29 is 13.2 Å². The summed E-state index contributed by atoms with van der Waals surface area (Å²) in [6.07, 6.45) is -4.32. The third kappa shape index (κ3) is 4.45. The number of alkyl halides is 3. The maximum Gasteiger partial charge on any atom is 0.416 e. The summed E-state index contributed by atoms with van der Waals surface area (Å²) in [5.41, 5.74) is 1.08. The van der Waals surface area contributed by atoms with Crippen molar-refractivity contribution in [2.45, 2.75) is 26.3 Å². The normalized spacial score (nSPS) is 11.9. The van der Waals surface area contributed by atoms with Gasteiger partial charge in [-0.1, -0.05) is 30.3 Å². The zero-order valence-corrected chi connectivity index (χ0v) is 15.8.